The van der Waals surface area contributed by atoms with Gasteiger partial charge >= 0.3 is 11.9 Å². The molecule has 0 atom stereocenters. The van der Waals surface area contributed by atoms with Crippen LogP contribution in [0.15, 0.2) is 77.6 Å². The van der Waals surface area contributed by atoms with E-state index in [1.807, 2.05) is 30.3 Å². The van der Waals surface area contributed by atoms with Crippen LogP contribution in [-0.2, 0) is 4.79 Å². The minimum atomic E-state index is -5.19. The molecule has 4 aromatic rings. The zero-order chi connectivity index (χ0) is 24.9. The van der Waals surface area contributed by atoms with Gasteiger partial charge in [-0.25, -0.2) is 0 Å². The van der Waals surface area contributed by atoms with Gasteiger partial charge in [-0.1, -0.05) is 30.3 Å². The van der Waals surface area contributed by atoms with Crippen molar-refractivity contribution in [3.8, 4) is 28.4 Å². The number of alkyl halides is 3. The molecule has 1 heterocycles. The number of aromatic nitrogens is 1. The number of hydrogen-bond acceptors (Lipinski definition) is 6. The average molecular weight is 469 g/mol. The lowest BCUT2D eigenvalue weighted by Crippen LogP contribution is -2.37. The molecule has 0 aliphatic heterocycles. The second-order valence-corrected chi connectivity index (χ2v) is 6.74. The van der Waals surface area contributed by atoms with E-state index in [1.165, 1.54) is 6.07 Å². The smallest absolute Gasteiger partial charge is 0.430 e. The number of rotatable bonds is 3. The van der Waals surface area contributed by atoms with E-state index in [-0.39, 0.29) is 17.0 Å². The quantitative estimate of drug-likeness (QED) is 0.426. The van der Waals surface area contributed by atoms with Crippen LogP contribution in [0.25, 0.3) is 27.0 Å². The van der Waals surface area contributed by atoms with Crippen molar-refractivity contribution in [3.05, 3.63) is 88.1 Å². The lowest BCUT2D eigenvalue weighted by atomic mass is 10.0. The largest absolute Gasteiger partial charge is 0.542 e. The number of ether oxygens (including phenoxy) is 1. The van der Waals surface area contributed by atoms with Gasteiger partial charge in [-0.3, -0.25) is 4.79 Å². The van der Waals surface area contributed by atoms with Crippen LogP contribution in [0.1, 0.15) is 0 Å². The lowest BCUT2D eigenvalue weighted by molar-refractivity contribution is -0.344. The highest BCUT2D eigenvalue weighted by Gasteiger charge is 2.28. The van der Waals surface area contributed by atoms with Crippen molar-refractivity contribution in [2.45, 2.75) is 6.18 Å². The zero-order valence-corrected chi connectivity index (χ0v) is 17.0. The van der Waals surface area contributed by atoms with Crippen LogP contribution in [0.5, 0.6) is 17.2 Å². The van der Waals surface area contributed by atoms with Gasteiger partial charge in [-0.05, 0) is 35.9 Å². The van der Waals surface area contributed by atoms with Gasteiger partial charge in [-0.15, -0.1) is 0 Å². The number of para-hydroxylation sites is 1. The van der Waals surface area contributed by atoms with E-state index in [9.17, 15) is 23.1 Å². The molecule has 11 heteroatoms. The van der Waals surface area contributed by atoms with Gasteiger partial charge in [0.15, 0.2) is 4.98 Å². The number of carbonyl (C=O) groups is 1. The Bertz CT molecular complexity index is 1440. The number of carboxylic acids is 1. The molecule has 0 aliphatic carbocycles. The number of H-pyrrole nitrogens is 1. The maximum Gasteiger partial charge on any atom is 0.430 e. The molecule has 0 spiro atoms. The molecule has 0 bridgehead atoms. The van der Waals surface area contributed by atoms with Crippen LogP contribution in [0.3, 0.4) is 0 Å². The molecule has 3 aromatic carbocycles. The average Bonchev–Trinajstić information content (AvgIpc) is 2.79. The number of carbonyl (C=O) groups excluding carboxylic acids is 1. The van der Waals surface area contributed by atoms with Crippen LogP contribution < -0.4 is 15.4 Å². The fourth-order valence-electron chi connectivity index (χ4n) is 2.94. The summed E-state index contributed by atoms with van der Waals surface area (Å²) in [5.74, 6) is -1.93. The van der Waals surface area contributed by atoms with Crippen molar-refractivity contribution >= 4 is 22.6 Å². The van der Waals surface area contributed by atoms with Gasteiger partial charge in [0.1, 0.15) is 23.2 Å². The van der Waals surface area contributed by atoms with Crippen molar-refractivity contribution < 1.29 is 32.9 Å². The maximum absolute atomic E-state index is 12.6. The Morgan fingerprint density at radius 2 is 1.65 bits per heavy atom. The van der Waals surface area contributed by atoms with Gasteiger partial charge in [0.25, 0.3) is 5.56 Å². The highest BCUT2D eigenvalue weighted by Crippen LogP contribution is 2.35. The molecule has 8 nitrogen and oxygen atoms in total. The fourth-order valence-corrected chi connectivity index (χ4v) is 2.94. The number of nitrogens with one attached hydrogen (secondary N) is 1. The second-order valence-electron chi connectivity index (χ2n) is 6.74. The Hall–Kier alpha value is -4.85. The summed E-state index contributed by atoms with van der Waals surface area (Å²) < 4.78 is 37.4. The van der Waals surface area contributed by atoms with Crippen molar-refractivity contribution in [2.24, 2.45) is 0 Å². The van der Waals surface area contributed by atoms with Crippen LogP contribution in [0, 0.1) is 5.39 Å². The van der Waals surface area contributed by atoms with E-state index < -0.39 is 17.7 Å². The van der Waals surface area contributed by atoms with Gasteiger partial charge in [-0.2, -0.15) is 13.2 Å². The number of fused-ring (bicyclic) bond motifs is 1. The molecule has 172 valence electrons. The standard InChI is InChI=1S/C21H13N3O3.C2HF3O2/c22-24-14-9-10-17-18(12-14)23-21(26)19(20(17)25)13-5-4-8-16(11-13)27-15-6-2-1-3-7-15;3-2(4,5)1(6)7/h1-12H,(H-,23,25,26);(H,6,7). The minimum absolute atomic E-state index is 0.143. The summed E-state index contributed by atoms with van der Waals surface area (Å²) in [6, 6.07) is 20.9. The Morgan fingerprint density at radius 3 is 2.26 bits per heavy atom. The molecule has 1 aromatic heterocycles. The summed E-state index contributed by atoms with van der Waals surface area (Å²) >= 11 is 0. The summed E-state index contributed by atoms with van der Waals surface area (Å²) in [5.41, 5.74) is 0.887. The zero-order valence-electron chi connectivity index (χ0n) is 17.0. The molecular formula is C23H14F3N3O5. The first kappa shape index (κ1) is 23.8. The highest BCUT2D eigenvalue weighted by atomic mass is 19.4. The van der Waals surface area contributed by atoms with E-state index in [0.717, 1.165) is 0 Å². The first-order chi connectivity index (χ1) is 16.1. The van der Waals surface area contributed by atoms with Crippen molar-refractivity contribution in [1.29, 1.82) is 5.39 Å². The third-order valence-electron chi connectivity index (χ3n) is 4.42. The summed E-state index contributed by atoms with van der Waals surface area (Å²) in [4.78, 5) is 27.2. The number of pyridine rings is 1. The van der Waals surface area contributed by atoms with Gasteiger partial charge in [0.2, 0.25) is 5.39 Å². The van der Waals surface area contributed by atoms with E-state index in [4.69, 9.17) is 20.0 Å². The number of benzene rings is 3. The first-order valence-corrected chi connectivity index (χ1v) is 9.45. The maximum atomic E-state index is 12.6. The molecular weight excluding hydrogens is 455 g/mol. The predicted molar refractivity (Wildman–Crippen MR) is 114 cm³/mol. The number of halogens is 3. The van der Waals surface area contributed by atoms with E-state index in [1.54, 1.807) is 36.4 Å². The number of hydrogen-bond donors (Lipinski definition) is 2. The number of diazo groups is 1. The van der Waals surface area contributed by atoms with Crippen LogP contribution in [0.2, 0.25) is 0 Å². The van der Waals surface area contributed by atoms with Crippen molar-refractivity contribution in [3.63, 3.8) is 0 Å². The minimum Gasteiger partial charge on any atom is -0.542 e. The topological polar surface area (TPSA) is 131 Å². The number of aromatic amines is 1. The number of carboxylic acid groups (broad SMARTS) is 1. The normalized spacial score (nSPS) is 10.6. The van der Waals surface area contributed by atoms with Gasteiger partial charge in [0, 0.05) is 11.5 Å². The Morgan fingerprint density at radius 1 is 1.00 bits per heavy atom. The Kier molecular flexibility index (Phi) is 6.82. The van der Waals surface area contributed by atoms with Crippen LogP contribution in [0.4, 0.5) is 18.9 Å². The van der Waals surface area contributed by atoms with Gasteiger partial charge < -0.3 is 24.7 Å². The van der Waals surface area contributed by atoms with Gasteiger partial charge in [0.05, 0.1) is 17.1 Å². The number of aliphatic carboxylic acids is 1. The Labute approximate surface area is 189 Å². The lowest BCUT2D eigenvalue weighted by Gasteiger charge is -2.10. The molecule has 0 fully saturated rings. The molecule has 0 amide bonds. The Balaban J connectivity index is 0.000000406. The fraction of sp³-hybridized carbons (Fsp3) is 0.0435. The highest BCUT2D eigenvalue weighted by molar-refractivity contribution is 5.93. The molecule has 0 saturated heterocycles. The monoisotopic (exact) mass is 469 g/mol. The third-order valence-corrected chi connectivity index (χ3v) is 4.42. The molecule has 0 radical (unpaired) electrons. The SMILES string of the molecule is N#[N+]c1ccc2c(O)c(-c3cccc(Oc4ccccc4)c3)c(=O)[nH]c2c1.O=C([O-])C(F)(F)F. The van der Waals surface area contributed by atoms with Crippen LogP contribution in [-0.4, -0.2) is 22.2 Å². The summed E-state index contributed by atoms with van der Waals surface area (Å²) in [7, 11) is 0. The molecule has 0 saturated carbocycles. The molecule has 4 rings (SSSR count). The summed E-state index contributed by atoms with van der Waals surface area (Å²) in [6.45, 7) is 0. The van der Waals surface area contributed by atoms with Crippen LogP contribution >= 0.6 is 0 Å². The van der Waals surface area contributed by atoms with E-state index in [2.05, 4.69) is 9.96 Å². The van der Waals surface area contributed by atoms with E-state index >= 15 is 0 Å². The predicted octanol–water partition coefficient (Wildman–Crippen LogP) is 4.48. The van der Waals surface area contributed by atoms with Crippen molar-refractivity contribution in [2.75, 3.05) is 0 Å². The number of aromatic hydroxyl groups is 1. The second kappa shape index (κ2) is 9.74. The molecule has 34 heavy (non-hydrogen) atoms. The summed E-state index contributed by atoms with van der Waals surface area (Å²) in [6.07, 6.45) is -5.19. The van der Waals surface area contributed by atoms with E-state index in [0.29, 0.717) is 28.0 Å². The summed E-state index contributed by atoms with van der Waals surface area (Å²) in [5, 5.41) is 28.8. The first-order valence-electron chi connectivity index (χ1n) is 9.45. The third kappa shape index (κ3) is 5.49. The molecule has 0 aliphatic rings. The van der Waals surface area contributed by atoms with Crippen molar-refractivity contribution in [1.82, 2.24) is 4.98 Å². The number of nitrogens with zero attached hydrogens (tertiary/aromatic N) is 2. The molecule has 2 N–H and O–H groups in total. The molecule has 0 unspecified atom stereocenters.